The molecule has 0 radical (unpaired) electrons. The van der Waals surface area contributed by atoms with Crippen LogP contribution in [0, 0.1) is 152 Å². The summed E-state index contributed by atoms with van der Waals surface area (Å²) in [5, 5.41) is 42.7. The lowest BCUT2D eigenvalue weighted by Gasteiger charge is -1.92. The molecule has 0 spiro atoms. The van der Waals surface area contributed by atoms with Gasteiger partial charge in [0, 0.05) is 107 Å². The normalized spacial score (nSPS) is 11.3. The number of hydrogen-bond acceptors (Lipinski definition) is 29. The van der Waals surface area contributed by atoms with Crippen LogP contribution in [-0.4, -0.2) is 133 Å². The summed E-state index contributed by atoms with van der Waals surface area (Å²) in [6.07, 6.45) is 12.2. The summed E-state index contributed by atoms with van der Waals surface area (Å²) in [7, 11) is 1.90. The fraction of sp³-hybridized carbons (Fsp3) is 0.455. The van der Waals surface area contributed by atoms with Crippen LogP contribution in [0.15, 0.2) is 101 Å². The van der Waals surface area contributed by atoms with E-state index in [2.05, 4.69) is 145 Å². The number of H-pyrrole nitrogens is 2. The number of amidine groups is 1. The van der Waals surface area contributed by atoms with Gasteiger partial charge in [0.2, 0.25) is 23.6 Å². The third kappa shape index (κ3) is 45.9. The largest absolute Gasteiger partial charge is 0.449 e. The Morgan fingerprint density at radius 2 is 1.08 bits per heavy atom. The Hall–Kier alpha value is -10.3. The summed E-state index contributed by atoms with van der Waals surface area (Å²) in [5.74, 6) is 11.6. The average molecular weight is 1390 g/mol. The van der Waals surface area contributed by atoms with E-state index in [9.17, 15) is 0 Å². The molecule has 14 heterocycles. The van der Waals surface area contributed by atoms with Crippen LogP contribution in [0.4, 0.5) is 0 Å². The SMILES string of the molecule is CC1=CC(C)=NC1.CC1=CCC(C)=N1.CC1=[N+]=CN(C)N1.Cc1cc(C)on1.Cc1cc(C)on1.Cc1cnc(C)[nH]1.Cc1cnc(C)o1.Cc1coc(C)n1.Cc1csc(C)n1.Cc1n[nH]c(C)n1.Cc1nnc(C)o1.Cc1nnc(C)s1.Cc1noc(C)n1.Cc1noc(C)n1. The Bertz CT molecular complexity index is 3190. The lowest BCUT2D eigenvalue weighted by molar-refractivity contribution is 0.389. The number of thiazole rings is 1. The zero-order chi connectivity index (χ0) is 73.9. The summed E-state index contributed by atoms with van der Waals surface area (Å²) in [4.78, 5) is 38.8. The standard InChI is InChI=1S/2C6H9N.C5H8N2.4C5H7NO.C5H7NS.2C4H7N3.3C4H6N2O.C4H6N2S/c1-5-3-6(2)7-4-5;1-5-3-4-6(2)7-5;1-4-3-6-5(2)7-4;1-4-3-7-5(2)6-4;1-4-3-6-5(2)7-4;2*1-4-3-5(2)7-6-4;1-4-3-7-5(2)6-4;1-4-5-3-7(2)6-4;1-3-5-4(2)7-6-3;1-3-5-6-4(2)7-3;2*1-3-5-4(2)7-6-3;1-3-5-6-4(2)7-3/h2*3H,4H2,1-2H3;3H,1-2H3,(H,6,7);6*3H,1-2H3;1-2H3,(H,5,6,7);4*1-2H3/p+1. The Morgan fingerprint density at radius 3 is 1.20 bits per heavy atom. The maximum Gasteiger partial charge on any atom is 0.313 e. The molecule has 98 heavy (non-hydrogen) atoms. The molecule has 0 fully saturated rings. The maximum atomic E-state index is 4.97. The van der Waals surface area contributed by atoms with Gasteiger partial charge in [-0.25, -0.2) is 29.6 Å². The molecule has 11 aromatic rings. The number of nitrogens with one attached hydrogen (secondary N) is 3. The minimum atomic E-state index is 0.623. The number of imidazole rings is 1. The first-order chi connectivity index (χ1) is 46.0. The van der Waals surface area contributed by atoms with Crippen molar-refractivity contribution < 1.29 is 31.3 Å². The molecular formula is C66H100N23O7S2+. The second kappa shape index (κ2) is 47.5. The van der Waals surface area contributed by atoms with E-state index in [0.29, 0.717) is 35.2 Å². The molecule has 532 valence electrons. The van der Waals surface area contributed by atoms with E-state index < -0.39 is 0 Å². The molecule has 0 aliphatic carbocycles. The van der Waals surface area contributed by atoms with Crippen LogP contribution >= 0.6 is 22.7 Å². The first kappa shape index (κ1) is 85.7. The fourth-order valence-corrected chi connectivity index (χ4v) is 8.04. The van der Waals surface area contributed by atoms with Crippen LogP contribution in [0.1, 0.15) is 166 Å². The summed E-state index contributed by atoms with van der Waals surface area (Å²) in [6, 6.07) is 3.78. The van der Waals surface area contributed by atoms with Crippen molar-refractivity contribution in [3.63, 3.8) is 0 Å². The Kier molecular flexibility index (Phi) is 41.6. The van der Waals surface area contributed by atoms with Crippen LogP contribution in [-0.2, 0) is 0 Å². The van der Waals surface area contributed by atoms with Crippen molar-refractivity contribution in [2.24, 2.45) is 9.98 Å². The van der Waals surface area contributed by atoms with E-state index in [1.165, 1.54) is 11.3 Å². The molecule has 0 saturated heterocycles. The third-order valence-corrected chi connectivity index (χ3v) is 12.2. The minimum Gasteiger partial charge on any atom is -0.449 e. The molecule has 3 aliphatic rings. The smallest absolute Gasteiger partial charge is 0.313 e. The summed E-state index contributed by atoms with van der Waals surface area (Å²) >= 11 is 3.31. The Balaban J connectivity index is 0.000000528. The molecule has 0 bridgehead atoms. The van der Waals surface area contributed by atoms with Gasteiger partial charge in [-0.3, -0.25) is 15.1 Å². The molecular weight excluding hydrogens is 1290 g/mol. The molecule has 14 rings (SSSR count). The van der Waals surface area contributed by atoms with Gasteiger partial charge in [-0.2, -0.15) is 15.1 Å². The summed E-state index contributed by atoms with van der Waals surface area (Å²) in [5.41, 5.74) is 13.0. The van der Waals surface area contributed by atoms with E-state index in [1.54, 1.807) is 88.0 Å². The molecule has 0 amide bonds. The monoisotopic (exact) mass is 1390 g/mol. The Labute approximate surface area is 582 Å². The zero-order valence-corrected chi connectivity index (χ0v) is 63.9. The highest BCUT2D eigenvalue weighted by Gasteiger charge is 2.08. The lowest BCUT2D eigenvalue weighted by atomic mass is 10.3. The predicted molar refractivity (Wildman–Crippen MR) is 383 cm³/mol. The summed E-state index contributed by atoms with van der Waals surface area (Å²) < 4.78 is 37.2. The van der Waals surface area contributed by atoms with E-state index in [0.717, 1.165) is 120 Å². The van der Waals surface area contributed by atoms with Crippen LogP contribution < -0.4 is 10.1 Å². The molecule has 30 nitrogen and oxygen atoms in total. The number of aromatic amines is 2. The number of rotatable bonds is 0. The van der Waals surface area contributed by atoms with Gasteiger partial charge in [0.05, 0.1) is 41.9 Å². The van der Waals surface area contributed by atoms with E-state index in [-0.39, 0.29) is 0 Å². The van der Waals surface area contributed by atoms with Gasteiger partial charge in [0.1, 0.15) is 51.0 Å². The molecule has 0 aromatic carbocycles. The minimum absolute atomic E-state index is 0.623. The van der Waals surface area contributed by atoms with Crippen molar-refractivity contribution in [3.05, 3.63) is 185 Å². The first-order valence-electron chi connectivity index (χ1n) is 30.7. The molecule has 3 aliphatic heterocycles. The van der Waals surface area contributed by atoms with Gasteiger partial charge < -0.3 is 36.3 Å². The highest BCUT2D eigenvalue weighted by molar-refractivity contribution is 7.11. The second-order valence-electron chi connectivity index (χ2n) is 21.6. The van der Waals surface area contributed by atoms with Crippen molar-refractivity contribution in [2.45, 2.75) is 193 Å². The molecule has 3 N–H and O–H groups in total. The van der Waals surface area contributed by atoms with Crippen molar-refractivity contribution in [2.75, 3.05) is 13.6 Å². The van der Waals surface area contributed by atoms with Crippen LogP contribution in [0.5, 0.6) is 0 Å². The molecule has 11 aromatic heterocycles. The van der Waals surface area contributed by atoms with E-state index in [1.807, 2.05) is 164 Å². The number of allylic oxidation sites excluding steroid dienone is 3. The third-order valence-electron chi connectivity index (χ3n) is 10.6. The number of hydrogen-bond donors (Lipinski definition) is 3. The molecule has 0 saturated carbocycles. The number of oxazole rings is 2. The Morgan fingerprint density at radius 1 is 0.510 bits per heavy atom. The number of aliphatic imine (C=N–C) groups is 2. The molecule has 32 heteroatoms. The zero-order valence-electron chi connectivity index (χ0n) is 62.2. The van der Waals surface area contributed by atoms with Gasteiger partial charge in [0.15, 0.2) is 23.4 Å². The average Bonchev–Trinajstić information content (AvgIpc) is 4.32. The van der Waals surface area contributed by atoms with Crippen molar-refractivity contribution in [1.29, 1.82) is 0 Å². The van der Waals surface area contributed by atoms with Crippen LogP contribution in [0.3, 0.4) is 0 Å². The fourth-order valence-electron chi connectivity index (χ4n) is 6.85. The number of hydrazine groups is 1. The van der Waals surface area contributed by atoms with Gasteiger partial charge in [-0.05, 0) is 145 Å². The van der Waals surface area contributed by atoms with Crippen LogP contribution in [0.25, 0.3) is 0 Å². The highest BCUT2D eigenvalue weighted by atomic mass is 32.1. The van der Waals surface area contributed by atoms with Gasteiger partial charge in [-0.15, -0.1) is 53.5 Å². The number of aromatic nitrogens is 18. The highest BCUT2D eigenvalue weighted by Crippen LogP contribution is 2.08. The van der Waals surface area contributed by atoms with E-state index in [4.69, 9.17) is 22.3 Å². The quantitative estimate of drug-likeness (QED) is 0.119. The first-order valence-corrected chi connectivity index (χ1v) is 32.4. The van der Waals surface area contributed by atoms with Gasteiger partial charge in [0.25, 0.3) is 0 Å². The number of aryl methyl sites for hydroxylation is 22. The van der Waals surface area contributed by atoms with Crippen LogP contribution in [0.2, 0.25) is 0 Å². The maximum absolute atomic E-state index is 4.97. The van der Waals surface area contributed by atoms with Crippen molar-refractivity contribution in [1.82, 2.24) is 106 Å². The predicted octanol–water partition coefficient (Wildman–Crippen LogP) is 13.7. The summed E-state index contributed by atoms with van der Waals surface area (Å²) in [6.45, 7) is 52.2. The topological polar surface area (TPSA) is 384 Å². The van der Waals surface area contributed by atoms with E-state index >= 15 is 0 Å². The second-order valence-corrected chi connectivity index (χ2v) is 24.0. The van der Waals surface area contributed by atoms with Crippen molar-refractivity contribution in [3.8, 4) is 0 Å². The molecule has 0 atom stereocenters. The van der Waals surface area contributed by atoms with Gasteiger partial charge >= 0.3 is 12.2 Å². The molecule has 0 unspecified atom stereocenters. The number of nitrogens with zero attached hydrogens (tertiary/aromatic N) is 20. The van der Waals surface area contributed by atoms with Crippen molar-refractivity contribution >= 4 is 46.3 Å². The van der Waals surface area contributed by atoms with Gasteiger partial charge in [-0.1, -0.05) is 32.3 Å². The lowest BCUT2D eigenvalue weighted by Crippen LogP contribution is -2.31.